The summed E-state index contributed by atoms with van der Waals surface area (Å²) in [5.74, 6) is 5.33. The highest BCUT2D eigenvalue weighted by Crippen LogP contribution is 2.39. The van der Waals surface area contributed by atoms with Crippen molar-refractivity contribution < 1.29 is 14.1 Å². The zero-order chi connectivity index (χ0) is 17.3. The molecule has 0 unspecified atom stereocenters. The van der Waals surface area contributed by atoms with Gasteiger partial charge in [-0.05, 0) is 50.9 Å². The van der Waals surface area contributed by atoms with Gasteiger partial charge in [-0.3, -0.25) is 10.2 Å². The minimum atomic E-state index is -0.454. The summed E-state index contributed by atoms with van der Waals surface area (Å²) in [6.07, 6.45) is 1.93. The summed E-state index contributed by atoms with van der Waals surface area (Å²) in [6, 6.07) is 7.17. The maximum Gasteiger partial charge on any atom is 0.491 e. The number of hydrogen-bond acceptors (Lipinski definition) is 5. The fourth-order valence-electron chi connectivity index (χ4n) is 2.25. The molecule has 1 amide bonds. The summed E-state index contributed by atoms with van der Waals surface area (Å²) in [5, 5.41) is 0. The van der Waals surface area contributed by atoms with E-state index in [4.69, 9.17) is 15.2 Å². The zero-order valence-corrected chi connectivity index (χ0v) is 14.8. The van der Waals surface area contributed by atoms with Gasteiger partial charge in [-0.15, -0.1) is 0 Å². The van der Waals surface area contributed by atoms with Crippen LogP contribution in [0, 0.1) is 0 Å². The number of nitrogens with one attached hydrogen (secondary N) is 1. The van der Waals surface area contributed by atoms with Crippen molar-refractivity contribution in [3.63, 3.8) is 0 Å². The van der Waals surface area contributed by atoms with Crippen LogP contribution < -0.4 is 11.3 Å². The number of hydrazine groups is 1. The Labute approximate surface area is 143 Å². The molecule has 0 atom stereocenters. The first kappa shape index (κ1) is 18.1. The molecule has 0 saturated carbocycles. The minimum Gasteiger partial charge on any atom is -0.400 e. The van der Waals surface area contributed by atoms with Crippen molar-refractivity contribution in [2.45, 2.75) is 38.9 Å². The molecular formula is C16H23BN2O3S. The summed E-state index contributed by atoms with van der Waals surface area (Å²) in [7, 11) is -0.454. The van der Waals surface area contributed by atoms with Gasteiger partial charge in [0.25, 0.3) is 5.91 Å². The Hall–Kier alpha value is -1.28. The van der Waals surface area contributed by atoms with Gasteiger partial charge in [-0.1, -0.05) is 18.2 Å². The van der Waals surface area contributed by atoms with Crippen LogP contribution in [0.25, 0.3) is 6.08 Å². The number of nitrogens with two attached hydrogens (primary N) is 1. The van der Waals surface area contributed by atoms with Gasteiger partial charge in [0.2, 0.25) is 0 Å². The van der Waals surface area contributed by atoms with Crippen molar-refractivity contribution in [1.29, 1.82) is 0 Å². The van der Waals surface area contributed by atoms with Crippen molar-refractivity contribution in [3.8, 4) is 0 Å². The molecule has 0 aromatic heterocycles. The van der Waals surface area contributed by atoms with Crippen molar-refractivity contribution in [2.75, 3.05) is 5.75 Å². The molecule has 0 aliphatic carbocycles. The maximum atomic E-state index is 11.6. The van der Waals surface area contributed by atoms with E-state index in [0.29, 0.717) is 11.3 Å². The number of rotatable bonds is 4. The minimum absolute atomic E-state index is 0.330. The molecule has 1 aromatic carbocycles. The van der Waals surface area contributed by atoms with Crippen molar-refractivity contribution in [1.82, 2.24) is 5.43 Å². The molecule has 0 spiro atoms. The topological polar surface area (TPSA) is 73.6 Å². The van der Waals surface area contributed by atoms with E-state index >= 15 is 0 Å². The van der Waals surface area contributed by atoms with E-state index in [0.717, 1.165) is 11.0 Å². The van der Waals surface area contributed by atoms with Crippen LogP contribution in [0.1, 0.15) is 43.6 Å². The fraction of sp³-hybridized carbons (Fsp3) is 0.438. The molecule has 23 heavy (non-hydrogen) atoms. The predicted octanol–water partition coefficient (Wildman–Crippen LogP) is 2.23. The van der Waals surface area contributed by atoms with Crippen LogP contribution in [-0.2, 0) is 9.31 Å². The first-order chi connectivity index (χ1) is 10.7. The lowest BCUT2D eigenvalue weighted by Crippen LogP contribution is -2.41. The molecule has 0 bridgehead atoms. The third-order valence-electron chi connectivity index (χ3n) is 4.37. The van der Waals surface area contributed by atoms with E-state index in [1.165, 1.54) is 0 Å². The van der Waals surface area contributed by atoms with Gasteiger partial charge in [0.05, 0.1) is 11.2 Å². The average Bonchev–Trinajstić information content (AvgIpc) is 2.72. The van der Waals surface area contributed by atoms with Crippen LogP contribution in [0.5, 0.6) is 0 Å². The summed E-state index contributed by atoms with van der Waals surface area (Å²) < 4.78 is 12.1. The highest BCUT2D eigenvalue weighted by atomic mass is 32.1. The molecule has 7 heteroatoms. The molecule has 1 aromatic rings. The number of thiol groups is 1. The quantitative estimate of drug-likeness (QED) is 0.260. The summed E-state index contributed by atoms with van der Waals surface area (Å²) in [5.41, 5.74) is 3.58. The number of carbonyl (C=O) groups excluding carboxylic acids is 1. The lowest BCUT2D eigenvalue weighted by Gasteiger charge is -2.32. The normalized spacial score (nSPS) is 19.7. The first-order valence-electron chi connectivity index (χ1n) is 7.48. The van der Waals surface area contributed by atoms with Gasteiger partial charge >= 0.3 is 7.12 Å². The predicted molar refractivity (Wildman–Crippen MR) is 96.0 cm³/mol. The van der Waals surface area contributed by atoms with Crippen LogP contribution in [-0.4, -0.2) is 30.0 Å². The Morgan fingerprint density at radius 3 is 2.43 bits per heavy atom. The largest absolute Gasteiger partial charge is 0.491 e. The molecule has 1 fully saturated rings. The standard InChI is InChI=1S/C16H23BN2O3S/c1-15(2)16(3,4)22-17(21-15)13(10-23)9-11-6-5-7-12(8-11)14(20)19-18/h5-9,23H,10,18H2,1-4H3,(H,19,20). The zero-order valence-electron chi connectivity index (χ0n) is 13.9. The van der Waals surface area contributed by atoms with Crippen LogP contribution in [0.3, 0.4) is 0 Å². The van der Waals surface area contributed by atoms with E-state index in [1.54, 1.807) is 18.2 Å². The van der Waals surface area contributed by atoms with E-state index in [9.17, 15) is 4.79 Å². The third-order valence-corrected chi connectivity index (χ3v) is 4.74. The molecule has 1 heterocycles. The maximum absolute atomic E-state index is 11.6. The summed E-state index contributed by atoms with van der Waals surface area (Å²) in [6.45, 7) is 8.04. The van der Waals surface area contributed by atoms with E-state index in [1.807, 2.05) is 39.8 Å². The summed E-state index contributed by atoms with van der Waals surface area (Å²) in [4.78, 5) is 11.6. The number of hydrogen-bond donors (Lipinski definition) is 3. The van der Waals surface area contributed by atoms with Crippen LogP contribution in [0.2, 0.25) is 0 Å². The molecule has 3 N–H and O–H groups in total. The number of amides is 1. The Balaban J connectivity index is 2.28. The second-order valence-electron chi connectivity index (χ2n) is 6.56. The van der Waals surface area contributed by atoms with Gasteiger partial charge in [0.15, 0.2) is 0 Å². The SMILES string of the molecule is CC1(C)OB(C(=Cc2cccc(C(=O)NN)c2)CS)OC1(C)C. The lowest BCUT2D eigenvalue weighted by molar-refractivity contribution is 0.00578. The van der Waals surface area contributed by atoms with Gasteiger partial charge in [-0.25, -0.2) is 5.84 Å². The van der Waals surface area contributed by atoms with Crippen molar-refractivity contribution in [2.24, 2.45) is 5.84 Å². The lowest BCUT2D eigenvalue weighted by atomic mass is 9.78. The van der Waals surface area contributed by atoms with Gasteiger partial charge < -0.3 is 9.31 Å². The summed E-state index contributed by atoms with van der Waals surface area (Å²) >= 11 is 4.39. The van der Waals surface area contributed by atoms with Gasteiger partial charge in [-0.2, -0.15) is 12.6 Å². The molecule has 2 rings (SSSR count). The Bertz CT molecular complexity index is 616. The molecule has 5 nitrogen and oxygen atoms in total. The fourth-order valence-corrected chi connectivity index (χ4v) is 2.49. The monoisotopic (exact) mass is 334 g/mol. The molecule has 0 radical (unpaired) electrons. The van der Waals surface area contributed by atoms with Gasteiger partial charge in [0, 0.05) is 11.3 Å². The Kier molecular flexibility index (Phi) is 5.25. The highest BCUT2D eigenvalue weighted by molar-refractivity contribution is 7.80. The number of nitrogen functional groups attached to an aromatic ring is 1. The Morgan fingerprint density at radius 1 is 1.30 bits per heavy atom. The Morgan fingerprint density at radius 2 is 1.91 bits per heavy atom. The van der Waals surface area contributed by atoms with Crippen LogP contribution >= 0.6 is 12.6 Å². The first-order valence-corrected chi connectivity index (χ1v) is 8.11. The smallest absolute Gasteiger partial charge is 0.400 e. The number of benzene rings is 1. The van der Waals surface area contributed by atoms with Crippen molar-refractivity contribution in [3.05, 3.63) is 40.9 Å². The molecule has 1 aliphatic rings. The van der Waals surface area contributed by atoms with Crippen LogP contribution in [0.15, 0.2) is 29.7 Å². The number of carbonyl (C=O) groups is 1. The van der Waals surface area contributed by atoms with Gasteiger partial charge in [0.1, 0.15) is 0 Å². The molecule has 1 aliphatic heterocycles. The molecular weight excluding hydrogens is 311 g/mol. The second kappa shape index (κ2) is 6.69. The second-order valence-corrected chi connectivity index (χ2v) is 6.88. The van der Waals surface area contributed by atoms with E-state index in [2.05, 4.69) is 18.1 Å². The molecule has 124 valence electrons. The highest BCUT2D eigenvalue weighted by Gasteiger charge is 2.52. The van der Waals surface area contributed by atoms with E-state index in [-0.39, 0.29) is 5.91 Å². The average molecular weight is 334 g/mol. The molecule has 1 saturated heterocycles. The van der Waals surface area contributed by atoms with Crippen molar-refractivity contribution >= 4 is 31.7 Å². The third kappa shape index (κ3) is 3.80. The van der Waals surface area contributed by atoms with Crippen LogP contribution in [0.4, 0.5) is 0 Å². The van der Waals surface area contributed by atoms with E-state index < -0.39 is 18.3 Å².